The molecular formula is C16H32N2O. The van der Waals surface area contributed by atoms with E-state index in [1.54, 1.807) is 0 Å². The Hall–Kier alpha value is -0.120. The first-order valence-electron chi connectivity index (χ1n) is 7.99. The minimum atomic E-state index is -0.0656. The van der Waals surface area contributed by atoms with Crippen molar-refractivity contribution >= 4 is 0 Å². The lowest BCUT2D eigenvalue weighted by molar-refractivity contribution is -0.189. The summed E-state index contributed by atoms with van der Waals surface area (Å²) in [6.45, 7) is 10.8. The van der Waals surface area contributed by atoms with Crippen LogP contribution in [-0.4, -0.2) is 41.3 Å². The van der Waals surface area contributed by atoms with Gasteiger partial charge in [0, 0.05) is 25.2 Å². The molecule has 1 saturated carbocycles. The van der Waals surface area contributed by atoms with E-state index < -0.39 is 0 Å². The summed E-state index contributed by atoms with van der Waals surface area (Å²) in [4.78, 5) is 2.61. The van der Waals surface area contributed by atoms with E-state index in [0.29, 0.717) is 12.1 Å². The summed E-state index contributed by atoms with van der Waals surface area (Å²) in [5.41, 5.74) is 6.34. The van der Waals surface area contributed by atoms with Gasteiger partial charge in [-0.15, -0.1) is 0 Å². The van der Waals surface area contributed by atoms with Gasteiger partial charge in [0.2, 0.25) is 0 Å². The Balaban J connectivity index is 2.09. The summed E-state index contributed by atoms with van der Waals surface area (Å²) < 4.78 is 6.19. The van der Waals surface area contributed by atoms with Crippen LogP contribution in [0, 0.1) is 0 Å². The van der Waals surface area contributed by atoms with E-state index in [0.717, 1.165) is 13.1 Å². The molecular weight excluding hydrogens is 236 g/mol. The predicted molar refractivity (Wildman–Crippen MR) is 80.3 cm³/mol. The van der Waals surface area contributed by atoms with Crippen molar-refractivity contribution in [2.24, 2.45) is 5.73 Å². The summed E-state index contributed by atoms with van der Waals surface area (Å²) in [6.07, 6.45) is 7.81. The minimum Gasteiger partial charge on any atom is -0.367 e. The molecule has 0 amide bonds. The highest BCUT2D eigenvalue weighted by atomic mass is 16.5. The van der Waals surface area contributed by atoms with Crippen molar-refractivity contribution in [1.29, 1.82) is 0 Å². The zero-order valence-electron chi connectivity index (χ0n) is 13.2. The molecule has 2 atom stereocenters. The van der Waals surface area contributed by atoms with Crippen LogP contribution >= 0.6 is 0 Å². The zero-order chi connectivity index (χ0) is 14.1. The molecule has 3 nitrogen and oxygen atoms in total. The van der Waals surface area contributed by atoms with Crippen LogP contribution in [0.15, 0.2) is 0 Å². The smallest absolute Gasteiger partial charge is 0.0760 e. The van der Waals surface area contributed by atoms with Crippen LogP contribution in [0.3, 0.4) is 0 Å². The molecule has 0 radical (unpaired) electrons. The van der Waals surface area contributed by atoms with Crippen LogP contribution in [0.5, 0.6) is 0 Å². The molecule has 2 N–H and O–H groups in total. The first-order chi connectivity index (χ1) is 8.79. The first-order valence-corrected chi connectivity index (χ1v) is 7.99. The third kappa shape index (κ3) is 4.17. The van der Waals surface area contributed by atoms with Crippen LogP contribution < -0.4 is 5.73 Å². The fourth-order valence-electron chi connectivity index (χ4n) is 4.03. The van der Waals surface area contributed by atoms with Gasteiger partial charge in [0.05, 0.1) is 11.2 Å². The van der Waals surface area contributed by atoms with Crippen molar-refractivity contribution in [1.82, 2.24) is 4.90 Å². The fourth-order valence-corrected chi connectivity index (χ4v) is 4.03. The van der Waals surface area contributed by atoms with Crippen molar-refractivity contribution in [2.75, 3.05) is 13.1 Å². The van der Waals surface area contributed by atoms with E-state index in [1.807, 2.05) is 0 Å². The lowest BCUT2D eigenvalue weighted by atomic mass is 9.88. The van der Waals surface area contributed by atoms with E-state index in [1.165, 1.54) is 38.5 Å². The number of ether oxygens (including phenoxy) is 1. The Kier molecular flexibility index (Phi) is 4.59. The second-order valence-corrected chi connectivity index (χ2v) is 7.75. The average molecular weight is 268 g/mol. The number of hydrogen-bond acceptors (Lipinski definition) is 3. The molecule has 3 heteroatoms. The van der Waals surface area contributed by atoms with Crippen molar-refractivity contribution < 1.29 is 4.74 Å². The van der Waals surface area contributed by atoms with Gasteiger partial charge in [0.1, 0.15) is 0 Å². The summed E-state index contributed by atoms with van der Waals surface area (Å²) in [6, 6.07) is 0.882. The van der Waals surface area contributed by atoms with Gasteiger partial charge in [0.15, 0.2) is 0 Å². The second-order valence-electron chi connectivity index (χ2n) is 7.75. The highest BCUT2D eigenvalue weighted by Crippen LogP contribution is 2.32. The summed E-state index contributed by atoms with van der Waals surface area (Å²) in [5.74, 6) is 0. The molecule has 2 aliphatic rings. The Morgan fingerprint density at radius 3 is 2.00 bits per heavy atom. The molecule has 2 fully saturated rings. The first kappa shape index (κ1) is 15.3. The molecule has 0 aromatic carbocycles. The van der Waals surface area contributed by atoms with Gasteiger partial charge in [-0.25, -0.2) is 0 Å². The van der Waals surface area contributed by atoms with E-state index >= 15 is 0 Å². The Morgan fingerprint density at radius 1 is 0.895 bits per heavy atom. The molecule has 1 saturated heterocycles. The molecule has 1 heterocycles. The molecule has 0 spiro atoms. The number of rotatable bonds is 1. The average Bonchev–Trinajstić information content (AvgIpc) is 2.19. The Bertz CT molecular complexity index is 285. The standard InChI is InChI=1S/C16H32N2O/c1-15(2)11-18(12-16(3,4)19-15)14-10-8-6-5-7-9-13(14)17/h13-14H,5-12,17H2,1-4H3. The Morgan fingerprint density at radius 2 is 1.42 bits per heavy atom. The molecule has 112 valence electrons. The van der Waals surface area contributed by atoms with E-state index in [4.69, 9.17) is 10.5 Å². The van der Waals surface area contributed by atoms with Gasteiger partial charge in [0.25, 0.3) is 0 Å². The largest absolute Gasteiger partial charge is 0.367 e. The highest BCUT2D eigenvalue weighted by molar-refractivity contribution is 4.95. The van der Waals surface area contributed by atoms with E-state index in [-0.39, 0.29) is 11.2 Å². The van der Waals surface area contributed by atoms with Crippen molar-refractivity contribution in [3.05, 3.63) is 0 Å². The van der Waals surface area contributed by atoms with Crippen LogP contribution in [0.4, 0.5) is 0 Å². The van der Waals surface area contributed by atoms with Crippen LogP contribution in [-0.2, 0) is 4.74 Å². The number of nitrogens with two attached hydrogens (primary N) is 1. The summed E-state index contributed by atoms with van der Waals surface area (Å²) in [7, 11) is 0. The zero-order valence-corrected chi connectivity index (χ0v) is 13.2. The maximum absolute atomic E-state index is 6.47. The van der Waals surface area contributed by atoms with Crippen molar-refractivity contribution in [3.63, 3.8) is 0 Å². The third-order valence-electron chi connectivity index (χ3n) is 4.47. The van der Waals surface area contributed by atoms with Crippen LogP contribution in [0.1, 0.15) is 66.2 Å². The molecule has 0 bridgehead atoms. The topological polar surface area (TPSA) is 38.5 Å². The van der Waals surface area contributed by atoms with Gasteiger partial charge in [-0.1, -0.05) is 25.7 Å². The van der Waals surface area contributed by atoms with Gasteiger partial charge in [-0.05, 0) is 40.5 Å². The monoisotopic (exact) mass is 268 g/mol. The van der Waals surface area contributed by atoms with Crippen LogP contribution in [0.25, 0.3) is 0 Å². The normalized spacial score (nSPS) is 36.5. The molecule has 0 aromatic rings. The highest BCUT2D eigenvalue weighted by Gasteiger charge is 2.41. The van der Waals surface area contributed by atoms with Gasteiger partial charge >= 0.3 is 0 Å². The van der Waals surface area contributed by atoms with Crippen LogP contribution in [0.2, 0.25) is 0 Å². The Labute approximate surface area is 118 Å². The van der Waals surface area contributed by atoms with Gasteiger partial charge in [-0.2, -0.15) is 0 Å². The van der Waals surface area contributed by atoms with Crippen molar-refractivity contribution in [3.8, 4) is 0 Å². The van der Waals surface area contributed by atoms with Gasteiger partial charge < -0.3 is 10.5 Å². The summed E-state index contributed by atoms with van der Waals surface area (Å²) >= 11 is 0. The van der Waals surface area contributed by atoms with Gasteiger partial charge in [-0.3, -0.25) is 4.90 Å². The maximum atomic E-state index is 6.47. The van der Waals surface area contributed by atoms with E-state index in [2.05, 4.69) is 32.6 Å². The number of nitrogens with zero attached hydrogens (tertiary/aromatic N) is 1. The quantitative estimate of drug-likeness (QED) is 0.794. The maximum Gasteiger partial charge on any atom is 0.0760 e. The molecule has 0 aromatic heterocycles. The van der Waals surface area contributed by atoms with E-state index in [9.17, 15) is 0 Å². The molecule has 2 rings (SSSR count). The SMILES string of the molecule is CC1(C)CN(C2CCCCCCC2N)CC(C)(C)O1. The van der Waals surface area contributed by atoms with Crippen molar-refractivity contribution in [2.45, 2.75) is 89.5 Å². The predicted octanol–water partition coefficient (Wildman–Crippen LogP) is 2.93. The lowest BCUT2D eigenvalue weighted by Crippen LogP contribution is -2.62. The molecule has 1 aliphatic heterocycles. The number of hydrogen-bond donors (Lipinski definition) is 1. The minimum absolute atomic E-state index is 0.0656. The summed E-state index contributed by atoms with van der Waals surface area (Å²) in [5, 5.41) is 0. The number of morpholine rings is 1. The second kappa shape index (κ2) is 5.71. The lowest BCUT2D eigenvalue weighted by Gasteiger charge is -2.51. The fraction of sp³-hybridized carbons (Fsp3) is 1.00. The molecule has 19 heavy (non-hydrogen) atoms. The molecule has 2 unspecified atom stereocenters. The third-order valence-corrected chi connectivity index (χ3v) is 4.47. The molecule has 1 aliphatic carbocycles.